The standard InChI is InChI=1S/C20H20N4O4/c1-26-17-9-4-13(10-18(17)27-2)16-11-19(22-12-21-16)23-14-5-7-15(8-6-14)24-20(25)28-3/h4-12H,1-3H3,(H,24,25)(H,21,22,23). The lowest BCUT2D eigenvalue weighted by molar-refractivity contribution is 0.187. The average molecular weight is 380 g/mol. The minimum absolute atomic E-state index is 0.518. The van der Waals surface area contributed by atoms with Crippen LogP contribution >= 0.6 is 0 Å². The summed E-state index contributed by atoms with van der Waals surface area (Å²) in [6, 6.07) is 14.6. The van der Waals surface area contributed by atoms with Crippen LogP contribution in [0.15, 0.2) is 54.9 Å². The normalized spacial score (nSPS) is 10.1. The van der Waals surface area contributed by atoms with Gasteiger partial charge in [-0.25, -0.2) is 14.8 Å². The highest BCUT2D eigenvalue weighted by molar-refractivity contribution is 5.84. The quantitative estimate of drug-likeness (QED) is 0.665. The molecule has 0 bridgehead atoms. The van der Waals surface area contributed by atoms with Crippen molar-refractivity contribution < 1.29 is 19.0 Å². The zero-order chi connectivity index (χ0) is 19.9. The lowest BCUT2D eigenvalue weighted by atomic mass is 10.1. The van der Waals surface area contributed by atoms with Crippen molar-refractivity contribution in [2.24, 2.45) is 0 Å². The minimum atomic E-state index is -0.518. The van der Waals surface area contributed by atoms with Gasteiger partial charge in [0.1, 0.15) is 12.1 Å². The molecule has 0 saturated heterocycles. The Morgan fingerprint density at radius 3 is 2.25 bits per heavy atom. The largest absolute Gasteiger partial charge is 0.493 e. The molecule has 28 heavy (non-hydrogen) atoms. The SMILES string of the molecule is COC(=O)Nc1ccc(Nc2cc(-c3ccc(OC)c(OC)c3)ncn2)cc1. The van der Waals surface area contributed by atoms with E-state index in [-0.39, 0.29) is 0 Å². The van der Waals surface area contributed by atoms with Gasteiger partial charge in [-0.1, -0.05) is 0 Å². The number of benzene rings is 2. The molecule has 3 rings (SSSR count). The fourth-order valence-electron chi connectivity index (χ4n) is 2.53. The number of ether oxygens (including phenoxy) is 3. The summed E-state index contributed by atoms with van der Waals surface area (Å²) in [5, 5.41) is 5.81. The number of nitrogens with zero attached hydrogens (tertiary/aromatic N) is 2. The van der Waals surface area contributed by atoms with Crippen molar-refractivity contribution in [3.05, 3.63) is 54.9 Å². The van der Waals surface area contributed by atoms with Crippen molar-refractivity contribution in [1.29, 1.82) is 0 Å². The second-order valence-corrected chi connectivity index (χ2v) is 5.68. The third-order valence-corrected chi connectivity index (χ3v) is 3.94. The number of nitrogens with one attached hydrogen (secondary N) is 2. The number of amides is 1. The first-order chi connectivity index (χ1) is 13.6. The first-order valence-corrected chi connectivity index (χ1v) is 8.39. The molecule has 0 spiro atoms. The van der Waals surface area contributed by atoms with E-state index in [1.807, 2.05) is 36.4 Å². The van der Waals surface area contributed by atoms with Crippen molar-refractivity contribution in [1.82, 2.24) is 9.97 Å². The van der Waals surface area contributed by atoms with Crippen LogP contribution in [0, 0.1) is 0 Å². The van der Waals surface area contributed by atoms with E-state index in [9.17, 15) is 4.79 Å². The average Bonchev–Trinajstić information content (AvgIpc) is 2.74. The number of hydrogen-bond donors (Lipinski definition) is 2. The maximum Gasteiger partial charge on any atom is 0.411 e. The molecule has 0 aliphatic rings. The fraction of sp³-hybridized carbons (Fsp3) is 0.150. The summed E-state index contributed by atoms with van der Waals surface area (Å²) in [5.41, 5.74) is 3.06. The minimum Gasteiger partial charge on any atom is -0.493 e. The first-order valence-electron chi connectivity index (χ1n) is 8.39. The topological polar surface area (TPSA) is 94.6 Å². The highest BCUT2D eigenvalue weighted by Crippen LogP contribution is 2.32. The van der Waals surface area contributed by atoms with Gasteiger partial charge in [0.05, 0.1) is 27.0 Å². The van der Waals surface area contributed by atoms with E-state index in [2.05, 4.69) is 25.3 Å². The van der Waals surface area contributed by atoms with Crippen LogP contribution in [0.25, 0.3) is 11.3 Å². The molecule has 0 radical (unpaired) electrons. The van der Waals surface area contributed by atoms with Gasteiger partial charge in [0, 0.05) is 23.0 Å². The number of carbonyl (C=O) groups is 1. The molecule has 1 aromatic heterocycles. The number of aromatic nitrogens is 2. The summed E-state index contributed by atoms with van der Waals surface area (Å²) < 4.78 is 15.2. The molecule has 0 aliphatic carbocycles. The molecular weight excluding hydrogens is 360 g/mol. The van der Waals surface area contributed by atoms with Crippen molar-refractivity contribution in [2.75, 3.05) is 32.0 Å². The van der Waals surface area contributed by atoms with E-state index in [0.29, 0.717) is 23.0 Å². The Bertz CT molecular complexity index is 961. The van der Waals surface area contributed by atoms with Crippen LogP contribution in [0.4, 0.5) is 22.0 Å². The maximum atomic E-state index is 11.2. The van der Waals surface area contributed by atoms with Crippen LogP contribution in [-0.4, -0.2) is 37.4 Å². The molecule has 8 heteroatoms. The molecule has 144 valence electrons. The van der Waals surface area contributed by atoms with Gasteiger partial charge in [0.25, 0.3) is 0 Å². The molecule has 0 fully saturated rings. The summed E-state index contributed by atoms with van der Waals surface area (Å²) in [6.45, 7) is 0. The smallest absolute Gasteiger partial charge is 0.411 e. The summed E-state index contributed by atoms with van der Waals surface area (Å²) in [4.78, 5) is 19.8. The number of carbonyl (C=O) groups excluding carboxylic acids is 1. The van der Waals surface area contributed by atoms with Crippen LogP contribution in [0.2, 0.25) is 0 Å². The molecule has 3 aromatic rings. The molecule has 0 aliphatic heterocycles. The van der Waals surface area contributed by atoms with Crippen LogP contribution < -0.4 is 20.1 Å². The molecule has 0 unspecified atom stereocenters. The lowest BCUT2D eigenvalue weighted by Crippen LogP contribution is -2.10. The fourth-order valence-corrected chi connectivity index (χ4v) is 2.53. The van der Waals surface area contributed by atoms with Gasteiger partial charge in [-0.05, 0) is 42.5 Å². The summed E-state index contributed by atoms with van der Waals surface area (Å²) in [6.07, 6.45) is 0.970. The predicted octanol–water partition coefficient (Wildman–Crippen LogP) is 4.08. The van der Waals surface area contributed by atoms with E-state index in [1.54, 1.807) is 26.4 Å². The van der Waals surface area contributed by atoms with Crippen molar-refractivity contribution in [3.63, 3.8) is 0 Å². The van der Waals surface area contributed by atoms with Crippen LogP contribution in [0.1, 0.15) is 0 Å². The Labute approximate surface area is 162 Å². The molecule has 0 saturated carbocycles. The number of rotatable bonds is 6. The Morgan fingerprint density at radius 1 is 0.857 bits per heavy atom. The molecule has 1 heterocycles. The van der Waals surface area contributed by atoms with Crippen molar-refractivity contribution in [2.45, 2.75) is 0 Å². The predicted molar refractivity (Wildman–Crippen MR) is 106 cm³/mol. The first kappa shape index (κ1) is 19.0. The van der Waals surface area contributed by atoms with Gasteiger partial charge in [-0.2, -0.15) is 0 Å². The van der Waals surface area contributed by atoms with Crippen LogP contribution in [-0.2, 0) is 4.74 Å². The number of anilines is 3. The lowest BCUT2D eigenvalue weighted by Gasteiger charge is -2.11. The van der Waals surface area contributed by atoms with Gasteiger partial charge in [0.15, 0.2) is 11.5 Å². The Hall–Kier alpha value is -3.81. The second-order valence-electron chi connectivity index (χ2n) is 5.68. The zero-order valence-electron chi connectivity index (χ0n) is 15.7. The maximum absolute atomic E-state index is 11.2. The highest BCUT2D eigenvalue weighted by Gasteiger charge is 2.08. The molecule has 2 N–H and O–H groups in total. The second kappa shape index (κ2) is 8.72. The Kier molecular flexibility index (Phi) is 5.91. The van der Waals surface area contributed by atoms with Crippen LogP contribution in [0.5, 0.6) is 11.5 Å². The number of hydrogen-bond acceptors (Lipinski definition) is 7. The molecule has 2 aromatic carbocycles. The summed E-state index contributed by atoms with van der Waals surface area (Å²) >= 11 is 0. The van der Waals surface area contributed by atoms with Crippen molar-refractivity contribution in [3.8, 4) is 22.8 Å². The summed E-state index contributed by atoms with van der Waals surface area (Å²) in [5.74, 6) is 1.91. The number of methoxy groups -OCH3 is 3. The van der Waals surface area contributed by atoms with E-state index in [4.69, 9.17) is 9.47 Å². The third-order valence-electron chi connectivity index (χ3n) is 3.94. The molecular formula is C20H20N4O4. The van der Waals surface area contributed by atoms with Gasteiger partial charge < -0.3 is 19.5 Å². The van der Waals surface area contributed by atoms with Crippen LogP contribution in [0.3, 0.4) is 0 Å². The van der Waals surface area contributed by atoms with Gasteiger partial charge >= 0.3 is 6.09 Å². The summed E-state index contributed by atoms with van der Waals surface area (Å²) in [7, 11) is 4.50. The van der Waals surface area contributed by atoms with E-state index in [1.165, 1.54) is 13.4 Å². The van der Waals surface area contributed by atoms with Gasteiger partial charge in [-0.3, -0.25) is 5.32 Å². The van der Waals surface area contributed by atoms with Gasteiger partial charge in [0.2, 0.25) is 0 Å². The van der Waals surface area contributed by atoms with E-state index >= 15 is 0 Å². The highest BCUT2D eigenvalue weighted by atomic mass is 16.5. The molecule has 0 atom stereocenters. The molecule has 1 amide bonds. The van der Waals surface area contributed by atoms with E-state index < -0.39 is 6.09 Å². The van der Waals surface area contributed by atoms with Gasteiger partial charge in [-0.15, -0.1) is 0 Å². The van der Waals surface area contributed by atoms with E-state index in [0.717, 1.165) is 16.9 Å². The zero-order valence-corrected chi connectivity index (χ0v) is 15.7. The molecule has 8 nitrogen and oxygen atoms in total. The third kappa shape index (κ3) is 4.47. The Morgan fingerprint density at radius 2 is 1.57 bits per heavy atom. The monoisotopic (exact) mass is 380 g/mol. The Balaban J connectivity index is 1.77. The van der Waals surface area contributed by atoms with Crippen molar-refractivity contribution >= 4 is 23.3 Å².